The SMILES string of the molecule is CCOc1cc(Cl)c(C(Br)c2cc(F)cc(F)c2)cc1Cl. The molecule has 0 saturated carbocycles. The predicted octanol–water partition coefficient (Wildman–Crippen LogP) is 6.15. The molecule has 1 nitrogen and oxygen atoms in total. The molecule has 0 aliphatic carbocycles. The Bertz CT molecular complexity index is 644. The summed E-state index contributed by atoms with van der Waals surface area (Å²) in [5.74, 6) is -0.830. The van der Waals surface area contributed by atoms with Crippen LogP contribution in [0.5, 0.6) is 5.75 Å². The highest BCUT2D eigenvalue weighted by Gasteiger charge is 2.18. The predicted molar refractivity (Wildman–Crippen MR) is 84.8 cm³/mol. The fourth-order valence-electron chi connectivity index (χ4n) is 1.91. The maximum Gasteiger partial charge on any atom is 0.139 e. The Morgan fingerprint density at radius 3 is 2.24 bits per heavy atom. The maximum absolute atomic E-state index is 13.3. The van der Waals surface area contributed by atoms with E-state index in [2.05, 4.69) is 15.9 Å². The number of hydrogen-bond donors (Lipinski definition) is 0. The lowest BCUT2D eigenvalue weighted by molar-refractivity contribution is 0.340. The summed E-state index contributed by atoms with van der Waals surface area (Å²) in [6, 6.07) is 6.51. The van der Waals surface area contributed by atoms with Gasteiger partial charge in [0.1, 0.15) is 17.4 Å². The van der Waals surface area contributed by atoms with Gasteiger partial charge >= 0.3 is 0 Å². The monoisotopic (exact) mass is 394 g/mol. The van der Waals surface area contributed by atoms with Gasteiger partial charge in [-0.15, -0.1) is 0 Å². The lowest BCUT2D eigenvalue weighted by atomic mass is 10.0. The summed E-state index contributed by atoms with van der Waals surface area (Å²) in [6.45, 7) is 2.29. The summed E-state index contributed by atoms with van der Waals surface area (Å²) in [7, 11) is 0. The van der Waals surface area contributed by atoms with E-state index in [1.54, 1.807) is 12.1 Å². The number of halogens is 5. The van der Waals surface area contributed by atoms with Crippen LogP contribution in [0, 0.1) is 11.6 Å². The van der Waals surface area contributed by atoms with Crippen molar-refractivity contribution in [3.05, 3.63) is 63.1 Å². The minimum absolute atomic E-state index is 0.387. The Morgan fingerprint density at radius 2 is 1.67 bits per heavy atom. The van der Waals surface area contributed by atoms with Crippen LogP contribution in [0.4, 0.5) is 8.78 Å². The van der Waals surface area contributed by atoms with E-state index in [0.29, 0.717) is 33.5 Å². The molecule has 112 valence electrons. The molecule has 1 unspecified atom stereocenters. The lowest BCUT2D eigenvalue weighted by Gasteiger charge is -2.15. The van der Waals surface area contributed by atoms with Crippen molar-refractivity contribution in [1.29, 1.82) is 0 Å². The summed E-state index contributed by atoms with van der Waals surface area (Å²) in [5.41, 5.74) is 1.02. The Hall–Kier alpha value is -0.840. The van der Waals surface area contributed by atoms with E-state index in [1.165, 1.54) is 12.1 Å². The minimum atomic E-state index is -0.650. The average molecular weight is 396 g/mol. The fourth-order valence-corrected chi connectivity index (χ4v) is 3.17. The van der Waals surface area contributed by atoms with Crippen molar-refractivity contribution >= 4 is 39.1 Å². The zero-order valence-corrected chi connectivity index (χ0v) is 14.1. The Labute approximate surface area is 140 Å². The van der Waals surface area contributed by atoms with Gasteiger partial charge in [-0.05, 0) is 36.2 Å². The van der Waals surface area contributed by atoms with Crippen LogP contribution in [0.15, 0.2) is 30.3 Å². The average Bonchev–Trinajstić information content (AvgIpc) is 2.41. The molecule has 21 heavy (non-hydrogen) atoms. The molecule has 2 rings (SSSR count). The van der Waals surface area contributed by atoms with Gasteiger partial charge in [-0.25, -0.2) is 8.78 Å². The van der Waals surface area contributed by atoms with E-state index in [-0.39, 0.29) is 0 Å². The largest absolute Gasteiger partial charge is 0.492 e. The standard InChI is InChI=1S/C15H11BrCl2F2O/c1-2-21-14-7-12(17)11(6-13(14)18)15(16)8-3-9(19)5-10(20)4-8/h3-7,15H,2H2,1H3. The molecule has 0 amide bonds. The zero-order valence-electron chi connectivity index (χ0n) is 11.0. The summed E-state index contributed by atoms with van der Waals surface area (Å²) < 4.78 is 32.0. The maximum atomic E-state index is 13.3. The van der Waals surface area contributed by atoms with Crippen LogP contribution < -0.4 is 4.74 Å². The van der Waals surface area contributed by atoms with Crippen molar-refractivity contribution in [2.75, 3.05) is 6.61 Å². The number of ether oxygens (including phenoxy) is 1. The summed E-state index contributed by atoms with van der Waals surface area (Å²) in [5, 5.41) is 0.784. The molecule has 0 aromatic heterocycles. The third-order valence-electron chi connectivity index (χ3n) is 2.80. The lowest BCUT2D eigenvalue weighted by Crippen LogP contribution is -1.98. The first-order chi connectivity index (χ1) is 9.92. The van der Waals surface area contributed by atoms with Gasteiger partial charge in [-0.2, -0.15) is 0 Å². The van der Waals surface area contributed by atoms with Crippen LogP contribution in [0.1, 0.15) is 22.9 Å². The molecular weight excluding hydrogens is 385 g/mol. The van der Waals surface area contributed by atoms with Crippen LogP contribution in [0.25, 0.3) is 0 Å². The van der Waals surface area contributed by atoms with Crippen molar-refractivity contribution in [3.63, 3.8) is 0 Å². The van der Waals surface area contributed by atoms with E-state index < -0.39 is 16.5 Å². The molecule has 2 aromatic carbocycles. The van der Waals surface area contributed by atoms with Gasteiger partial charge in [-0.3, -0.25) is 0 Å². The second kappa shape index (κ2) is 6.95. The second-order valence-electron chi connectivity index (χ2n) is 4.30. The van der Waals surface area contributed by atoms with E-state index in [1.807, 2.05) is 6.92 Å². The van der Waals surface area contributed by atoms with E-state index in [9.17, 15) is 8.78 Å². The molecule has 2 aromatic rings. The highest BCUT2D eigenvalue weighted by Crippen LogP contribution is 2.40. The number of rotatable bonds is 4. The molecule has 0 spiro atoms. The minimum Gasteiger partial charge on any atom is -0.492 e. The molecular formula is C15H11BrCl2F2O. The zero-order chi connectivity index (χ0) is 15.6. The van der Waals surface area contributed by atoms with Crippen molar-refractivity contribution in [2.24, 2.45) is 0 Å². The van der Waals surface area contributed by atoms with Gasteiger partial charge < -0.3 is 4.74 Å². The first-order valence-electron chi connectivity index (χ1n) is 6.14. The van der Waals surface area contributed by atoms with Gasteiger partial charge in [0.15, 0.2) is 0 Å². The van der Waals surface area contributed by atoms with E-state index in [4.69, 9.17) is 27.9 Å². The van der Waals surface area contributed by atoms with Crippen molar-refractivity contribution in [2.45, 2.75) is 11.8 Å². The Morgan fingerprint density at radius 1 is 1.05 bits per heavy atom. The van der Waals surface area contributed by atoms with Crippen molar-refractivity contribution in [1.82, 2.24) is 0 Å². The molecule has 6 heteroatoms. The molecule has 0 fully saturated rings. The van der Waals surface area contributed by atoms with Crippen LogP contribution in [0.2, 0.25) is 10.0 Å². The smallest absolute Gasteiger partial charge is 0.139 e. The molecule has 0 radical (unpaired) electrons. The van der Waals surface area contributed by atoms with Crippen LogP contribution >= 0.6 is 39.1 Å². The van der Waals surface area contributed by atoms with Crippen LogP contribution in [-0.2, 0) is 0 Å². The number of benzene rings is 2. The first kappa shape index (κ1) is 16.5. The van der Waals surface area contributed by atoms with E-state index >= 15 is 0 Å². The van der Waals surface area contributed by atoms with Gasteiger partial charge in [0.25, 0.3) is 0 Å². The third kappa shape index (κ3) is 3.87. The quantitative estimate of drug-likeness (QED) is 0.563. The third-order valence-corrected chi connectivity index (χ3v) is 4.45. The van der Waals surface area contributed by atoms with Gasteiger partial charge in [-0.1, -0.05) is 39.1 Å². The van der Waals surface area contributed by atoms with Crippen LogP contribution in [-0.4, -0.2) is 6.61 Å². The van der Waals surface area contributed by atoms with Crippen molar-refractivity contribution in [3.8, 4) is 5.75 Å². The Kier molecular flexibility index (Phi) is 5.47. The van der Waals surface area contributed by atoms with Gasteiger partial charge in [0, 0.05) is 17.2 Å². The highest BCUT2D eigenvalue weighted by molar-refractivity contribution is 9.09. The molecule has 0 bridgehead atoms. The molecule has 0 aliphatic heterocycles. The molecule has 0 heterocycles. The summed E-state index contributed by atoms with van der Waals surface area (Å²) >= 11 is 15.7. The fraction of sp³-hybridized carbons (Fsp3) is 0.200. The summed E-state index contributed by atoms with van der Waals surface area (Å²) in [4.78, 5) is -0.483. The number of hydrogen-bond acceptors (Lipinski definition) is 1. The molecule has 1 atom stereocenters. The first-order valence-corrected chi connectivity index (χ1v) is 7.81. The topological polar surface area (TPSA) is 9.23 Å². The van der Waals surface area contributed by atoms with Crippen LogP contribution in [0.3, 0.4) is 0 Å². The van der Waals surface area contributed by atoms with Gasteiger partial charge in [0.2, 0.25) is 0 Å². The Balaban J connectivity index is 2.43. The number of alkyl halides is 1. The molecule has 0 N–H and O–H groups in total. The van der Waals surface area contributed by atoms with Gasteiger partial charge in [0.05, 0.1) is 16.5 Å². The van der Waals surface area contributed by atoms with E-state index in [0.717, 1.165) is 6.07 Å². The second-order valence-corrected chi connectivity index (χ2v) is 6.03. The van der Waals surface area contributed by atoms with Crippen molar-refractivity contribution < 1.29 is 13.5 Å². The highest BCUT2D eigenvalue weighted by atomic mass is 79.9. The summed E-state index contributed by atoms with van der Waals surface area (Å²) in [6.07, 6.45) is 0. The molecule has 0 aliphatic rings. The normalized spacial score (nSPS) is 12.3. The molecule has 0 saturated heterocycles.